The molecule has 1 aromatic carbocycles. The van der Waals surface area contributed by atoms with Crippen molar-refractivity contribution in [1.29, 1.82) is 0 Å². The largest absolute Gasteiger partial charge is 0.449 e. The zero-order chi connectivity index (χ0) is 14.4. The Kier molecular flexibility index (Phi) is 6.18. The monoisotopic (exact) mass is 301 g/mol. The Morgan fingerprint density at radius 1 is 1.47 bits per heavy atom. The number of halogens is 1. The number of carbonyl (C=O) groups is 2. The fraction of sp³-hybridized carbons (Fsp3) is 0.385. The van der Waals surface area contributed by atoms with Crippen LogP contribution < -0.4 is 5.32 Å². The number of likely N-dealkylation sites (N-methyl/N-ethyl adjacent to an activating group) is 1. The van der Waals surface area contributed by atoms with E-state index in [2.05, 4.69) is 5.32 Å². The molecule has 0 aliphatic rings. The van der Waals surface area contributed by atoms with Gasteiger partial charge in [0.25, 0.3) is 5.91 Å². The maximum absolute atomic E-state index is 12.0. The van der Waals surface area contributed by atoms with Gasteiger partial charge < -0.3 is 10.1 Å². The SMILES string of the molecule is CCNC(=O)[C@H](C)OC(=O)c1cc(SC)ccc1Cl. The Balaban J connectivity index is 2.80. The summed E-state index contributed by atoms with van der Waals surface area (Å²) in [6.45, 7) is 3.81. The van der Waals surface area contributed by atoms with Gasteiger partial charge in [0, 0.05) is 11.4 Å². The fourth-order valence-electron chi connectivity index (χ4n) is 1.38. The summed E-state index contributed by atoms with van der Waals surface area (Å²) in [5, 5.41) is 2.90. The van der Waals surface area contributed by atoms with E-state index in [1.807, 2.05) is 12.3 Å². The zero-order valence-electron chi connectivity index (χ0n) is 11.0. The lowest BCUT2D eigenvalue weighted by Crippen LogP contribution is -2.35. The average Bonchev–Trinajstić information content (AvgIpc) is 2.39. The topological polar surface area (TPSA) is 55.4 Å². The van der Waals surface area contributed by atoms with E-state index < -0.39 is 12.1 Å². The van der Waals surface area contributed by atoms with Crippen LogP contribution in [0.3, 0.4) is 0 Å². The van der Waals surface area contributed by atoms with Crippen LogP contribution in [-0.2, 0) is 9.53 Å². The first-order valence-electron chi connectivity index (χ1n) is 5.81. The van der Waals surface area contributed by atoms with E-state index in [4.69, 9.17) is 16.3 Å². The summed E-state index contributed by atoms with van der Waals surface area (Å²) < 4.78 is 5.09. The molecule has 0 aliphatic heterocycles. The summed E-state index contributed by atoms with van der Waals surface area (Å²) in [6, 6.07) is 5.11. The third-order valence-electron chi connectivity index (χ3n) is 2.40. The Morgan fingerprint density at radius 2 is 2.16 bits per heavy atom. The van der Waals surface area contributed by atoms with E-state index in [1.54, 1.807) is 19.1 Å². The molecule has 1 atom stereocenters. The Labute approximate surface area is 121 Å². The lowest BCUT2D eigenvalue weighted by Gasteiger charge is -2.13. The minimum Gasteiger partial charge on any atom is -0.449 e. The molecule has 0 aliphatic carbocycles. The van der Waals surface area contributed by atoms with Crippen LogP contribution in [0.5, 0.6) is 0 Å². The van der Waals surface area contributed by atoms with Crippen molar-refractivity contribution in [1.82, 2.24) is 5.32 Å². The summed E-state index contributed by atoms with van der Waals surface area (Å²) in [6.07, 6.45) is 1.05. The Morgan fingerprint density at radius 3 is 2.74 bits per heavy atom. The molecule has 19 heavy (non-hydrogen) atoms. The number of benzene rings is 1. The molecule has 0 heterocycles. The molecule has 0 radical (unpaired) electrons. The van der Waals surface area contributed by atoms with Crippen LogP contribution in [-0.4, -0.2) is 30.8 Å². The first-order valence-corrected chi connectivity index (χ1v) is 7.42. The van der Waals surface area contributed by atoms with E-state index >= 15 is 0 Å². The lowest BCUT2D eigenvalue weighted by molar-refractivity contribution is -0.128. The van der Waals surface area contributed by atoms with Gasteiger partial charge in [0.05, 0.1) is 10.6 Å². The van der Waals surface area contributed by atoms with Crippen molar-refractivity contribution in [3.05, 3.63) is 28.8 Å². The summed E-state index contributed by atoms with van der Waals surface area (Å²) in [5.41, 5.74) is 0.268. The maximum Gasteiger partial charge on any atom is 0.340 e. The fourth-order valence-corrected chi connectivity index (χ4v) is 2.02. The van der Waals surface area contributed by atoms with Gasteiger partial charge >= 0.3 is 5.97 Å². The number of carbonyl (C=O) groups excluding carboxylic acids is 2. The lowest BCUT2D eigenvalue weighted by atomic mass is 10.2. The number of amides is 1. The molecule has 6 heteroatoms. The highest BCUT2D eigenvalue weighted by Crippen LogP contribution is 2.23. The second-order valence-corrected chi connectivity index (χ2v) is 5.07. The van der Waals surface area contributed by atoms with E-state index in [0.717, 1.165) is 4.90 Å². The molecule has 0 saturated heterocycles. The van der Waals surface area contributed by atoms with Gasteiger partial charge in [0.15, 0.2) is 6.10 Å². The molecule has 1 aromatic rings. The molecule has 0 spiro atoms. The minimum atomic E-state index is -0.846. The minimum absolute atomic E-state index is 0.268. The molecule has 0 aromatic heterocycles. The van der Waals surface area contributed by atoms with Gasteiger partial charge in [-0.25, -0.2) is 4.79 Å². The molecule has 0 bridgehead atoms. The van der Waals surface area contributed by atoms with Crippen molar-refractivity contribution in [2.75, 3.05) is 12.8 Å². The molecular weight excluding hydrogens is 286 g/mol. The third kappa shape index (κ3) is 4.44. The standard InChI is InChI=1S/C13H16ClNO3S/c1-4-15-12(16)8(2)18-13(17)10-7-9(19-3)5-6-11(10)14/h5-8H,4H2,1-3H3,(H,15,16)/t8-/m0/s1. The number of thioether (sulfide) groups is 1. The molecule has 0 unspecified atom stereocenters. The quantitative estimate of drug-likeness (QED) is 0.671. The summed E-state index contributed by atoms with van der Waals surface area (Å²) in [7, 11) is 0. The van der Waals surface area contributed by atoms with E-state index in [0.29, 0.717) is 11.6 Å². The van der Waals surface area contributed by atoms with Crippen molar-refractivity contribution in [3.63, 3.8) is 0 Å². The second kappa shape index (κ2) is 7.40. The van der Waals surface area contributed by atoms with Crippen molar-refractivity contribution in [2.24, 2.45) is 0 Å². The van der Waals surface area contributed by atoms with Crippen molar-refractivity contribution < 1.29 is 14.3 Å². The van der Waals surface area contributed by atoms with Gasteiger partial charge in [-0.15, -0.1) is 11.8 Å². The third-order valence-corrected chi connectivity index (χ3v) is 3.45. The Hall–Kier alpha value is -1.20. The van der Waals surface area contributed by atoms with Crippen LogP contribution in [0.2, 0.25) is 5.02 Å². The highest BCUT2D eigenvalue weighted by molar-refractivity contribution is 7.98. The normalized spacial score (nSPS) is 11.8. The number of rotatable bonds is 5. The molecule has 0 saturated carbocycles. The van der Waals surface area contributed by atoms with Crippen LogP contribution in [0.15, 0.2) is 23.1 Å². The van der Waals surface area contributed by atoms with Crippen molar-refractivity contribution in [2.45, 2.75) is 24.8 Å². The van der Waals surface area contributed by atoms with E-state index in [-0.39, 0.29) is 11.5 Å². The number of hydrogen-bond donors (Lipinski definition) is 1. The smallest absolute Gasteiger partial charge is 0.340 e. The predicted octanol–water partition coefficient (Wildman–Crippen LogP) is 2.74. The molecule has 1 N–H and O–H groups in total. The molecule has 1 amide bonds. The van der Waals surface area contributed by atoms with Gasteiger partial charge in [0.2, 0.25) is 0 Å². The average molecular weight is 302 g/mol. The highest BCUT2D eigenvalue weighted by Gasteiger charge is 2.20. The van der Waals surface area contributed by atoms with Gasteiger partial charge in [-0.3, -0.25) is 4.79 Å². The van der Waals surface area contributed by atoms with Gasteiger partial charge in [-0.2, -0.15) is 0 Å². The van der Waals surface area contributed by atoms with Gasteiger partial charge in [0.1, 0.15) is 0 Å². The zero-order valence-corrected chi connectivity index (χ0v) is 12.6. The number of esters is 1. The molecule has 4 nitrogen and oxygen atoms in total. The number of hydrogen-bond acceptors (Lipinski definition) is 4. The summed E-state index contributed by atoms with van der Waals surface area (Å²) in [4.78, 5) is 24.4. The maximum atomic E-state index is 12.0. The van der Waals surface area contributed by atoms with E-state index in [1.165, 1.54) is 18.7 Å². The summed E-state index contributed by atoms with van der Waals surface area (Å²) >= 11 is 7.46. The first kappa shape index (κ1) is 15.9. The van der Waals surface area contributed by atoms with Crippen LogP contribution >= 0.6 is 23.4 Å². The first-order chi connectivity index (χ1) is 8.99. The second-order valence-electron chi connectivity index (χ2n) is 3.79. The number of ether oxygens (including phenoxy) is 1. The van der Waals surface area contributed by atoms with Gasteiger partial charge in [-0.1, -0.05) is 11.6 Å². The molecule has 0 fully saturated rings. The van der Waals surface area contributed by atoms with Crippen LogP contribution in [0.25, 0.3) is 0 Å². The van der Waals surface area contributed by atoms with Gasteiger partial charge in [-0.05, 0) is 38.3 Å². The van der Waals surface area contributed by atoms with Crippen molar-refractivity contribution >= 4 is 35.2 Å². The van der Waals surface area contributed by atoms with Crippen molar-refractivity contribution in [3.8, 4) is 0 Å². The predicted molar refractivity (Wildman–Crippen MR) is 76.8 cm³/mol. The molecule has 1 rings (SSSR count). The molecule has 104 valence electrons. The molecular formula is C13H16ClNO3S. The highest BCUT2D eigenvalue weighted by atomic mass is 35.5. The Bertz CT molecular complexity index is 479. The van der Waals surface area contributed by atoms with E-state index in [9.17, 15) is 9.59 Å². The van der Waals surface area contributed by atoms with Crippen LogP contribution in [0.4, 0.5) is 0 Å². The number of nitrogens with one attached hydrogen (secondary N) is 1. The summed E-state index contributed by atoms with van der Waals surface area (Å²) in [5.74, 6) is -0.923. The van der Waals surface area contributed by atoms with Crippen LogP contribution in [0.1, 0.15) is 24.2 Å². The van der Waals surface area contributed by atoms with Crippen LogP contribution in [0, 0.1) is 0 Å².